The first-order valence-electron chi connectivity index (χ1n) is 6.36. The summed E-state index contributed by atoms with van der Waals surface area (Å²) < 4.78 is 6.20. The standard InChI is InChI=1S/C16H16BrNO2/c17-14-8-6-13(7-9-14)15(18)10-16(19)20-11-12-4-2-1-3-5-12/h1-9,15H,10-11,18H2/t15-/m0/s1. The van der Waals surface area contributed by atoms with Gasteiger partial charge in [0, 0.05) is 10.5 Å². The number of ether oxygens (including phenoxy) is 1. The Labute approximate surface area is 126 Å². The molecule has 0 aromatic heterocycles. The summed E-state index contributed by atoms with van der Waals surface area (Å²) >= 11 is 3.36. The predicted octanol–water partition coefficient (Wildman–Crippen LogP) is 3.58. The Morgan fingerprint density at radius 3 is 2.40 bits per heavy atom. The van der Waals surface area contributed by atoms with Crippen molar-refractivity contribution in [1.82, 2.24) is 0 Å². The lowest BCUT2D eigenvalue weighted by Gasteiger charge is -2.12. The number of hydrogen-bond acceptors (Lipinski definition) is 3. The molecule has 104 valence electrons. The largest absolute Gasteiger partial charge is 0.461 e. The van der Waals surface area contributed by atoms with Crippen LogP contribution in [0.4, 0.5) is 0 Å². The van der Waals surface area contributed by atoms with E-state index in [0.29, 0.717) is 0 Å². The van der Waals surface area contributed by atoms with Crippen molar-refractivity contribution in [3.8, 4) is 0 Å². The Morgan fingerprint density at radius 2 is 1.75 bits per heavy atom. The summed E-state index contributed by atoms with van der Waals surface area (Å²) in [5.41, 5.74) is 7.89. The monoisotopic (exact) mass is 333 g/mol. The molecule has 20 heavy (non-hydrogen) atoms. The van der Waals surface area contributed by atoms with Gasteiger partial charge in [0.2, 0.25) is 0 Å². The lowest BCUT2D eigenvalue weighted by atomic mass is 10.1. The smallest absolute Gasteiger partial charge is 0.308 e. The molecule has 2 aromatic carbocycles. The number of esters is 1. The molecule has 0 fully saturated rings. The Balaban J connectivity index is 1.83. The number of carbonyl (C=O) groups excluding carboxylic acids is 1. The second-order valence-electron chi connectivity index (χ2n) is 4.51. The van der Waals surface area contributed by atoms with Crippen molar-refractivity contribution in [3.63, 3.8) is 0 Å². The van der Waals surface area contributed by atoms with Crippen LogP contribution in [0, 0.1) is 0 Å². The molecular formula is C16H16BrNO2. The van der Waals surface area contributed by atoms with Gasteiger partial charge in [-0.05, 0) is 23.3 Å². The first-order chi connectivity index (χ1) is 9.65. The van der Waals surface area contributed by atoms with Crippen LogP contribution in [0.3, 0.4) is 0 Å². The third-order valence-corrected chi connectivity index (χ3v) is 3.46. The minimum absolute atomic E-state index is 0.175. The van der Waals surface area contributed by atoms with Gasteiger partial charge in [0.1, 0.15) is 6.61 Å². The molecule has 0 saturated carbocycles. The van der Waals surface area contributed by atoms with Crippen LogP contribution in [0.5, 0.6) is 0 Å². The van der Waals surface area contributed by atoms with Gasteiger partial charge < -0.3 is 10.5 Å². The van der Waals surface area contributed by atoms with Crippen molar-refractivity contribution >= 4 is 21.9 Å². The molecule has 0 aliphatic carbocycles. The van der Waals surface area contributed by atoms with Crippen LogP contribution in [0.15, 0.2) is 59.1 Å². The zero-order valence-corrected chi connectivity index (χ0v) is 12.5. The van der Waals surface area contributed by atoms with Gasteiger partial charge in [0.05, 0.1) is 6.42 Å². The lowest BCUT2D eigenvalue weighted by molar-refractivity contribution is -0.145. The van der Waals surface area contributed by atoms with Crippen LogP contribution < -0.4 is 5.73 Å². The highest BCUT2D eigenvalue weighted by atomic mass is 79.9. The summed E-state index contributed by atoms with van der Waals surface area (Å²) in [5.74, 6) is -0.288. The van der Waals surface area contributed by atoms with Gasteiger partial charge >= 0.3 is 5.97 Å². The molecule has 0 radical (unpaired) electrons. The molecule has 1 atom stereocenters. The number of carbonyl (C=O) groups is 1. The van der Waals surface area contributed by atoms with Crippen molar-refractivity contribution in [2.45, 2.75) is 19.1 Å². The number of hydrogen-bond donors (Lipinski definition) is 1. The molecule has 0 saturated heterocycles. The molecule has 4 heteroatoms. The van der Waals surface area contributed by atoms with Crippen molar-refractivity contribution in [3.05, 3.63) is 70.2 Å². The van der Waals surface area contributed by atoms with E-state index in [9.17, 15) is 4.79 Å². The van der Waals surface area contributed by atoms with Gasteiger partial charge in [-0.25, -0.2) is 0 Å². The van der Waals surface area contributed by atoms with Crippen LogP contribution in [-0.2, 0) is 16.1 Å². The molecule has 0 heterocycles. The van der Waals surface area contributed by atoms with E-state index in [1.165, 1.54) is 0 Å². The number of nitrogens with two attached hydrogens (primary N) is 1. The van der Waals surface area contributed by atoms with Crippen LogP contribution >= 0.6 is 15.9 Å². The van der Waals surface area contributed by atoms with Crippen LogP contribution in [0.2, 0.25) is 0 Å². The van der Waals surface area contributed by atoms with E-state index in [0.717, 1.165) is 15.6 Å². The van der Waals surface area contributed by atoms with Crippen LogP contribution in [-0.4, -0.2) is 5.97 Å². The molecule has 0 aliphatic heterocycles. The Morgan fingerprint density at radius 1 is 1.10 bits per heavy atom. The Hall–Kier alpha value is -1.65. The Kier molecular flexibility index (Phi) is 5.32. The maximum atomic E-state index is 11.8. The highest BCUT2D eigenvalue weighted by Crippen LogP contribution is 2.18. The highest BCUT2D eigenvalue weighted by molar-refractivity contribution is 9.10. The molecule has 0 unspecified atom stereocenters. The second-order valence-corrected chi connectivity index (χ2v) is 5.42. The first-order valence-corrected chi connectivity index (χ1v) is 7.15. The van der Waals surface area contributed by atoms with Crippen LogP contribution in [0.25, 0.3) is 0 Å². The van der Waals surface area contributed by atoms with Crippen molar-refractivity contribution in [1.29, 1.82) is 0 Å². The van der Waals surface area contributed by atoms with Crippen molar-refractivity contribution in [2.24, 2.45) is 5.73 Å². The van der Waals surface area contributed by atoms with E-state index in [-0.39, 0.29) is 25.0 Å². The van der Waals surface area contributed by atoms with Gasteiger partial charge in [0.25, 0.3) is 0 Å². The molecule has 0 amide bonds. The fourth-order valence-corrected chi connectivity index (χ4v) is 2.07. The fraction of sp³-hybridized carbons (Fsp3) is 0.188. The molecule has 2 N–H and O–H groups in total. The molecule has 2 aromatic rings. The molecule has 0 aliphatic rings. The summed E-state index contributed by atoms with van der Waals surface area (Å²) in [4.78, 5) is 11.8. The summed E-state index contributed by atoms with van der Waals surface area (Å²) in [6.45, 7) is 0.284. The minimum atomic E-state index is -0.341. The van der Waals surface area contributed by atoms with Crippen molar-refractivity contribution in [2.75, 3.05) is 0 Å². The zero-order valence-electron chi connectivity index (χ0n) is 11.0. The number of rotatable bonds is 5. The van der Waals surface area contributed by atoms with Gasteiger partial charge in [0.15, 0.2) is 0 Å². The molecule has 2 rings (SSSR count). The third-order valence-electron chi connectivity index (χ3n) is 2.93. The van der Waals surface area contributed by atoms with E-state index < -0.39 is 0 Å². The van der Waals surface area contributed by atoms with Gasteiger partial charge in [-0.15, -0.1) is 0 Å². The summed E-state index contributed by atoms with van der Waals surface area (Å²) in [6.07, 6.45) is 0.175. The van der Waals surface area contributed by atoms with Gasteiger partial charge in [-0.1, -0.05) is 58.4 Å². The molecular weight excluding hydrogens is 318 g/mol. The molecule has 0 bridgehead atoms. The fourth-order valence-electron chi connectivity index (χ4n) is 1.80. The highest BCUT2D eigenvalue weighted by Gasteiger charge is 2.12. The zero-order chi connectivity index (χ0) is 14.4. The van der Waals surface area contributed by atoms with E-state index in [2.05, 4.69) is 15.9 Å². The second kappa shape index (κ2) is 7.22. The number of halogens is 1. The summed E-state index contributed by atoms with van der Waals surface area (Å²) in [5, 5.41) is 0. The average Bonchev–Trinajstić information content (AvgIpc) is 2.47. The normalized spacial score (nSPS) is 11.9. The van der Waals surface area contributed by atoms with E-state index >= 15 is 0 Å². The SMILES string of the molecule is N[C@@H](CC(=O)OCc1ccccc1)c1ccc(Br)cc1. The van der Waals surface area contributed by atoms with Gasteiger partial charge in [-0.3, -0.25) is 4.79 Å². The predicted molar refractivity (Wildman–Crippen MR) is 81.9 cm³/mol. The number of benzene rings is 2. The van der Waals surface area contributed by atoms with E-state index in [4.69, 9.17) is 10.5 Å². The third kappa shape index (κ3) is 4.47. The quantitative estimate of drug-likeness (QED) is 0.851. The van der Waals surface area contributed by atoms with E-state index in [1.807, 2.05) is 54.6 Å². The Bertz CT molecular complexity index is 554. The summed E-state index contributed by atoms with van der Waals surface area (Å²) in [7, 11) is 0. The maximum Gasteiger partial charge on any atom is 0.308 e. The lowest BCUT2D eigenvalue weighted by Crippen LogP contribution is -2.17. The maximum absolute atomic E-state index is 11.8. The topological polar surface area (TPSA) is 52.3 Å². The van der Waals surface area contributed by atoms with E-state index in [1.54, 1.807) is 0 Å². The first kappa shape index (κ1) is 14.8. The van der Waals surface area contributed by atoms with Crippen LogP contribution in [0.1, 0.15) is 23.6 Å². The minimum Gasteiger partial charge on any atom is -0.461 e. The molecule has 3 nitrogen and oxygen atoms in total. The van der Waals surface area contributed by atoms with Gasteiger partial charge in [-0.2, -0.15) is 0 Å². The summed E-state index contributed by atoms with van der Waals surface area (Å²) in [6, 6.07) is 16.9. The molecule has 0 spiro atoms. The average molecular weight is 334 g/mol. The van der Waals surface area contributed by atoms with Crippen molar-refractivity contribution < 1.29 is 9.53 Å².